The van der Waals surface area contributed by atoms with Gasteiger partial charge < -0.3 is 19.1 Å². The molecule has 1 atom stereocenters. The maximum absolute atomic E-state index is 15.0. The number of fused-ring (bicyclic) bond motifs is 1. The number of nitrogens with zero attached hydrogens (tertiary/aromatic N) is 4. The molecule has 0 spiro atoms. The van der Waals surface area contributed by atoms with E-state index < -0.39 is 40.5 Å². The standard InChI is InChI=1S/C22H18F4N4O5S/c1-29(2)21(32)20-27-19(28-35-20)14-9-16-17(10-15(14)23)36(33)8-7-18(31)30(16)11-12-3-5-13(6-4-12)34-22(24,25)26/h3-6,9-10H,7-8,11H2,1-2H3. The predicted octanol–water partition coefficient (Wildman–Crippen LogP) is 3.52. The van der Waals surface area contributed by atoms with Crippen LogP contribution in [0.3, 0.4) is 0 Å². The summed E-state index contributed by atoms with van der Waals surface area (Å²) in [7, 11) is 1.23. The number of hydrogen-bond donors (Lipinski definition) is 0. The number of anilines is 1. The molecule has 0 saturated carbocycles. The number of ether oxygens (including phenoxy) is 1. The van der Waals surface area contributed by atoms with Crippen molar-refractivity contribution in [3.05, 3.63) is 53.7 Å². The van der Waals surface area contributed by atoms with Gasteiger partial charge in [-0.15, -0.1) is 13.2 Å². The summed E-state index contributed by atoms with van der Waals surface area (Å²) < 4.78 is 73.8. The second kappa shape index (κ2) is 9.68. The van der Waals surface area contributed by atoms with Crippen LogP contribution in [-0.2, 0) is 22.1 Å². The zero-order valence-corrected chi connectivity index (χ0v) is 19.7. The summed E-state index contributed by atoms with van der Waals surface area (Å²) in [4.78, 5) is 31.4. The van der Waals surface area contributed by atoms with Crippen LogP contribution in [0.1, 0.15) is 22.7 Å². The van der Waals surface area contributed by atoms with Gasteiger partial charge in [0.15, 0.2) is 0 Å². The molecule has 1 aromatic heterocycles. The molecule has 36 heavy (non-hydrogen) atoms. The molecule has 2 aromatic carbocycles. The van der Waals surface area contributed by atoms with Crippen LogP contribution in [0.4, 0.5) is 23.2 Å². The summed E-state index contributed by atoms with van der Waals surface area (Å²) >= 11 is 0. The van der Waals surface area contributed by atoms with E-state index in [0.29, 0.717) is 5.56 Å². The van der Waals surface area contributed by atoms with Gasteiger partial charge in [0, 0.05) is 26.3 Å². The van der Waals surface area contributed by atoms with Crippen molar-refractivity contribution < 1.29 is 40.6 Å². The maximum Gasteiger partial charge on any atom is 0.573 e. The summed E-state index contributed by atoms with van der Waals surface area (Å²) in [6, 6.07) is 7.14. The normalized spacial score (nSPS) is 15.9. The molecule has 1 unspecified atom stereocenters. The van der Waals surface area contributed by atoms with Gasteiger partial charge in [-0.25, -0.2) is 4.39 Å². The van der Waals surface area contributed by atoms with E-state index in [9.17, 15) is 27.0 Å². The van der Waals surface area contributed by atoms with Crippen LogP contribution in [0.2, 0.25) is 0 Å². The van der Waals surface area contributed by atoms with E-state index in [1.807, 2.05) is 0 Å². The van der Waals surface area contributed by atoms with Gasteiger partial charge in [0.1, 0.15) is 11.6 Å². The van der Waals surface area contributed by atoms with Gasteiger partial charge in [-0.2, -0.15) is 4.98 Å². The summed E-state index contributed by atoms with van der Waals surface area (Å²) in [6.45, 7) is -0.100. The Hall–Kier alpha value is -3.81. The molecule has 0 radical (unpaired) electrons. The van der Waals surface area contributed by atoms with Crippen molar-refractivity contribution in [2.75, 3.05) is 24.7 Å². The fourth-order valence-electron chi connectivity index (χ4n) is 3.43. The molecular formula is C22H18F4N4O5S. The molecule has 0 bridgehead atoms. The largest absolute Gasteiger partial charge is 0.573 e. The van der Waals surface area contributed by atoms with E-state index in [1.54, 1.807) is 0 Å². The van der Waals surface area contributed by atoms with Crippen molar-refractivity contribution in [3.63, 3.8) is 0 Å². The van der Waals surface area contributed by atoms with Crippen molar-refractivity contribution in [2.24, 2.45) is 0 Å². The summed E-state index contributed by atoms with van der Waals surface area (Å²) in [5.74, 6) is -2.96. The van der Waals surface area contributed by atoms with Gasteiger partial charge in [-0.05, 0) is 29.8 Å². The average molecular weight is 526 g/mol. The molecule has 2 amide bonds. The molecule has 190 valence electrons. The van der Waals surface area contributed by atoms with Gasteiger partial charge in [0.05, 0.1) is 33.5 Å². The highest BCUT2D eigenvalue weighted by Gasteiger charge is 2.32. The molecule has 2 heterocycles. The number of amides is 2. The summed E-state index contributed by atoms with van der Waals surface area (Å²) in [5.41, 5.74) is 0.370. The van der Waals surface area contributed by atoms with E-state index in [0.717, 1.165) is 18.2 Å². The Bertz CT molecular complexity index is 1340. The predicted molar refractivity (Wildman–Crippen MR) is 118 cm³/mol. The SMILES string of the molecule is CN(C)C(=O)c1nc(-c2cc3c(cc2F)S(=O)CCC(=O)N3Cc2ccc(OC(F)(F)F)cc2)no1. The maximum atomic E-state index is 15.0. The van der Waals surface area contributed by atoms with Crippen LogP contribution in [0.15, 0.2) is 45.8 Å². The molecule has 0 saturated heterocycles. The lowest BCUT2D eigenvalue weighted by Gasteiger charge is -2.23. The Morgan fingerprint density at radius 3 is 2.56 bits per heavy atom. The van der Waals surface area contributed by atoms with E-state index in [-0.39, 0.29) is 46.6 Å². The third-order valence-corrected chi connectivity index (χ3v) is 6.53. The fraction of sp³-hybridized carbons (Fsp3) is 0.273. The molecule has 1 aliphatic heterocycles. The molecule has 0 fully saturated rings. The van der Waals surface area contributed by atoms with E-state index in [1.165, 1.54) is 42.1 Å². The number of benzene rings is 2. The minimum Gasteiger partial charge on any atom is -0.406 e. The van der Waals surface area contributed by atoms with E-state index in [2.05, 4.69) is 14.9 Å². The first-order valence-corrected chi connectivity index (χ1v) is 11.7. The van der Waals surface area contributed by atoms with Crippen molar-refractivity contribution >= 4 is 28.3 Å². The number of carbonyl (C=O) groups is 2. The lowest BCUT2D eigenvalue weighted by molar-refractivity contribution is -0.274. The Kier molecular flexibility index (Phi) is 6.80. The van der Waals surface area contributed by atoms with Crippen molar-refractivity contribution in [1.29, 1.82) is 0 Å². The van der Waals surface area contributed by atoms with Gasteiger partial charge in [0.2, 0.25) is 11.7 Å². The minimum atomic E-state index is -4.85. The topological polar surface area (TPSA) is 106 Å². The molecule has 4 rings (SSSR count). The number of carbonyl (C=O) groups excluding carboxylic acids is 2. The number of alkyl halides is 3. The van der Waals surface area contributed by atoms with E-state index in [4.69, 9.17) is 4.52 Å². The van der Waals surface area contributed by atoms with Gasteiger partial charge in [0.25, 0.3) is 0 Å². The van der Waals surface area contributed by atoms with Crippen LogP contribution < -0.4 is 9.64 Å². The second-order valence-corrected chi connectivity index (χ2v) is 9.43. The lowest BCUT2D eigenvalue weighted by atomic mass is 10.1. The van der Waals surface area contributed by atoms with Gasteiger partial charge in [-0.3, -0.25) is 13.8 Å². The average Bonchev–Trinajstić information content (AvgIpc) is 3.26. The monoisotopic (exact) mass is 526 g/mol. The first kappa shape index (κ1) is 25.3. The van der Waals surface area contributed by atoms with Crippen LogP contribution in [0.25, 0.3) is 11.4 Å². The highest BCUT2D eigenvalue weighted by atomic mass is 32.2. The third-order valence-electron chi connectivity index (χ3n) is 5.14. The number of hydrogen-bond acceptors (Lipinski definition) is 7. The first-order chi connectivity index (χ1) is 16.9. The molecule has 0 aliphatic carbocycles. The lowest BCUT2D eigenvalue weighted by Crippen LogP contribution is -2.30. The smallest absolute Gasteiger partial charge is 0.406 e. The number of aromatic nitrogens is 2. The Labute approximate surface area is 204 Å². The van der Waals surface area contributed by atoms with Crippen molar-refractivity contribution in [1.82, 2.24) is 15.0 Å². The Morgan fingerprint density at radius 1 is 1.22 bits per heavy atom. The summed E-state index contributed by atoms with van der Waals surface area (Å²) in [6.07, 6.45) is -4.95. The Balaban J connectivity index is 1.72. The molecular weight excluding hydrogens is 508 g/mol. The first-order valence-electron chi connectivity index (χ1n) is 10.4. The molecule has 3 aromatic rings. The fourth-order valence-corrected chi connectivity index (χ4v) is 4.65. The zero-order valence-electron chi connectivity index (χ0n) is 18.8. The number of rotatable bonds is 5. The van der Waals surface area contributed by atoms with Gasteiger partial charge >= 0.3 is 18.2 Å². The minimum absolute atomic E-state index is 0.0385. The highest BCUT2D eigenvalue weighted by Crippen LogP contribution is 2.35. The van der Waals surface area contributed by atoms with Crippen LogP contribution in [0, 0.1) is 5.82 Å². The van der Waals surface area contributed by atoms with Gasteiger partial charge in [-0.1, -0.05) is 17.3 Å². The number of halogens is 4. The highest BCUT2D eigenvalue weighted by molar-refractivity contribution is 7.85. The quantitative estimate of drug-likeness (QED) is 0.469. The Morgan fingerprint density at radius 2 is 1.92 bits per heavy atom. The van der Waals surface area contributed by atoms with Crippen LogP contribution in [-0.4, -0.2) is 57.3 Å². The zero-order chi connectivity index (χ0) is 26.2. The second-order valence-electron chi connectivity index (χ2n) is 7.89. The van der Waals surface area contributed by atoms with E-state index >= 15 is 4.39 Å². The van der Waals surface area contributed by atoms with Crippen molar-refractivity contribution in [2.45, 2.75) is 24.2 Å². The summed E-state index contributed by atoms with van der Waals surface area (Å²) in [5, 5.41) is 3.65. The van der Waals surface area contributed by atoms with Crippen molar-refractivity contribution in [3.8, 4) is 17.1 Å². The van der Waals surface area contributed by atoms with Crippen LogP contribution in [0.5, 0.6) is 5.75 Å². The molecule has 9 nitrogen and oxygen atoms in total. The molecule has 14 heteroatoms. The third kappa shape index (κ3) is 5.37. The molecule has 0 N–H and O–H groups in total. The molecule has 1 aliphatic rings. The van der Waals surface area contributed by atoms with Crippen LogP contribution >= 0.6 is 0 Å².